The highest BCUT2D eigenvalue weighted by Crippen LogP contribution is 2.39. The van der Waals surface area contributed by atoms with E-state index in [0.717, 1.165) is 11.3 Å². The summed E-state index contributed by atoms with van der Waals surface area (Å²) in [5.74, 6) is -0.374. The maximum atomic E-state index is 12.8. The van der Waals surface area contributed by atoms with Crippen molar-refractivity contribution in [3.63, 3.8) is 0 Å². The molecule has 3 rings (SSSR count). The number of methoxy groups -OCH3 is 2. The van der Waals surface area contributed by atoms with E-state index in [1.165, 1.54) is 48.8 Å². The van der Waals surface area contributed by atoms with Gasteiger partial charge in [0.2, 0.25) is 5.75 Å². The SMILES string of the molecule is COc1cc(C(=O)Nc2nc(-c3ccc(C)c(C)c3)cs2)cc(OC)c1OCC(N)=O. The minimum atomic E-state index is -0.644. The summed E-state index contributed by atoms with van der Waals surface area (Å²) in [4.78, 5) is 28.4. The number of primary amides is 1. The number of aryl methyl sites for hydroxylation is 2. The van der Waals surface area contributed by atoms with E-state index < -0.39 is 5.91 Å². The van der Waals surface area contributed by atoms with Crippen LogP contribution in [0.2, 0.25) is 0 Å². The molecule has 31 heavy (non-hydrogen) atoms. The molecule has 0 bridgehead atoms. The summed E-state index contributed by atoms with van der Waals surface area (Å²) in [6.45, 7) is 3.75. The highest BCUT2D eigenvalue weighted by molar-refractivity contribution is 7.14. The van der Waals surface area contributed by atoms with Crippen molar-refractivity contribution in [1.82, 2.24) is 4.98 Å². The first kappa shape index (κ1) is 22.1. The first-order chi connectivity index (χ1) is 14.8. The van der Waals surface area contributed by atoms with Crippen molar-refractivity contribution in [3.8, 4) is 28.5 Å². The molecule has 1 heterocycles. The van der Waals surface area contributed by atoms with E-state index in [1.54, 1.807) is 0 Å². The summed E-state index contributed by atoms with van der Waals surface area (Å²) in [7, 11) is 2.84. The number of nitrogens with two attached hydrogens (primary N) is 1. The van der Waals surface area contributed by atoms with Crippen molar-refractivity contribution in [3.05, 3.63) is 52.4 Å². The third kappa shape index (κ3) is 5.13. The Hall–Kier alpha value is -3.59. The number of carbonyl (C=O) groups excluding carboxylic acids is 2. The lowest BCUT2D eigenvalue weighted by Gasteiger charge is -2.15. The Kier molecular flexibility index (Phi) is 6.76. The molecule has 0 atom stereocenters. The summed E-state index contributed by atoms with van der Waals surface area (Å²) in [6.07, 6.45) is 0. The van der Waals surface area contributed by atoms with Gasteiger partial charge >= 0.3 is 0 Å². The Bertz CT molecular complexity index is 1100. The summed E-state index contributed by atoms with van der Waals surface area (Å²) in [5.41, 5.74) is 9.57. The van der Waals surface area contributed by atoms with E-state index in [4.69, 9.17) is 19.9 Å². The van der Waals surface area contributed by atoms with Crippen molar-refractivity contribution in [1.29, 1.82) is 0 Å². The minimum absolute atomic E-state index is 0.187. The normalized spacial score (nSPS) is 10.5. The van der Waals surface area contributed by atoms with Crippen LogP contribution < -0.4 is 25.3 Å². The molecule has 0 saturated carbocycles. The molecule has 0 unspecified atom stereocenters. The lowest BCUT2D eigenvalue weighted by Crippen LogP contribution is -2.20. The number of hydrogen-bond donors (Lipinski definition) is 2. The fourth-order valence-corrected chi connectivity index (χ4v) is 3.55. The van der Waals surface area contributed by atoms with E-state index >= 15 is 0 Å². The lowest BCUT2D eigenvalue weighted by molar-refractivity contribution is -0.120. The largest absolute Gasteiger partial charge is 0.493 e. The first-order valence-electron chi connectivity index (χ1n) is 9.34. The van der Waals surface area contributed by atoms with Gasteiger partial charge in [0.25, 0.3) is 11.8 Å². The smallest absolute Gasteiger partial charge is 0.257 e. The maximum Gasteiger partial charge on any atom is 0.257 e. The Morgan fingerprint density at radius 2 is 1.74 bits per heavy atom. The third-order valence-corrected chi connectivity index (χ3v) is 5.37. The van der Waals surface area contributed by atoms with E-state index in [1.807, 2.05) is 24.4 Å². The molecule has 8 nitrogen and oxygen atoms in total. The number of aromatic nitrogens is 1. The highest BCUT2D eigenvalue weighted by atomic mass is 32.1. The molecule has 0 aliphatic heterocycles. The van der Waals surface area contributed by atoms with Crippen LogP contribution in [-0.2, 0) is 4.79 Å². The van der Waals surface area contributed by atoms with Gasteiger partial charge in [-0.2, -0.15) is 0 Å². The monoisotopic (exact) mass is 441 g/mol. The molecule has 0 radical (unpaired) electrons. The molecule has 0 aliphatic rings. The highest BCUT2D eigenvalue weighted by Gasteiger charge is 2.19. The van der Waals surface area contributed by atoms with E-state index in [0.29, 0.717) is 5.13 Å². The zero-order chi connectivity index (χ0) is 22.5. The van der Waals surface area contributed by atoms with Gasteiger partial charge in [-0.15, -0.1) is 11.3 Å². The zero-order valence-corrected chi connectivity index (χ0v) is 18.5. The molecule has 0 aliphatic carbocycles. The number of benzene rings is 2. The fraction of sp³-hybridized carbons (Fsp3) is 0.227. The maximum absolute atomic E-state index is 12.8. The van der Waals surface area contributed by atoms with Gasteiger partial charge in [-0.3, -0.25) is 14.9 Å². The fourth-order valence-electron chi connectivity index (χ4n) is 2.83. The molecule has 0 spiro atoms. The second-order valence-electron chi connectivity index (χ2n) is 6.76. The van der Waals surface area contributed by atoms with Crippen LogP contribution in [0.1, 0.15) is 21.5 Å². The third-order valence-electron chi connectivity index (χ3n) is 4.61. The summed E-state index contributed by atoms with van der Waals surface area (Å²) >= 11 is 1.33. The number of rotatable bonds is 8. The van der Waals surface area contributed by atoms with Crippen LogP contribution in [0, 0.1) is 13.8 Å². The van der Waals surface area contributed by atoms with E-state index in [-0.39, 0.29) is 35.3 Å². The zero-order valence-electron chi connectivity index (χ0n) is 17.6. The van der Waals surface area contributed by atoms with Gasteiger partial charge in [0, 0.05) is 16.5 Å². The van der Waals surface area contributed by atoms with Crippen LogP contribution in [0.5, 0.6) is 17.2 Å². The number of thiazole rings is 1. The van der Waals surface area contributed by atoms with Gasteiger partial charge in [-0.05, 0) is 43.2 Å². The Labute approximate surface area is 184 Å². The van der Waals surface area contributed by atoms with Gasteiger partial charge in [0.15, 0.2) is 23.2 Å². The van der Waals surface area contributed by atoms with Crippen molar-refractivity contribution in [2.45, 2.75) is 13.8 Å². The van der Waals surface area contributed by atoms with Gasteiger partial charge in [-0.1, -0.05) is 12.1 Å². The molecule has 162 valence electrons. The molecular weight excluding hydrogens is 418 g/mol. The van der Waals surface area contributed by atoms with Crippen LogP contribution in [0.3, 0.4) is 0 Å². The van der Waals surface area contributed by atoms with Gasteiger partial charge in [0.05, 0.1) is 19.9 Å². The number of ether oxygens (including phenoxy) is 3. The van der Waals surface area contributed by atoms with Gasteiger partial charge < -0.3 is 19.9 Å². The topological polar surface area (TPSA) is 113 Å². The van der Waals surface area contributed by atoms with Crippen LogP contribution >= 0.6 is 11.3 Å². The van der Waals surface area contributed by atoms with Gasteiger partial charge in [0.1, 0.15) is 0 Å². The van der Waals surface area contributed by atoms with Crippen LogP contribution in [-0.4, -0.2) is 37.6 Å². The Balaban J connectivity index is 1.82. The molecule has 3 N–H and O–H groups in total. The number of amides is 2. The summed E-state index contributed by atoms with van der Waals surface area (Å²) < 4.78 is 16.0. The second kappa shape index (κ2) is 9.48. The standard InChI is InChI=1S/C22H23N3O5S/c1-12-5-6-14(7-13(12)2)16-11-31-22(24-16)25-21(27)15-8-17(28-3)20(18(9-15)29-4)30-10-19(23)26/h5-9,11H,10H2,1-4H3,(H2,23,26)(H,24,25,27). The average molecular weight is 442 g/mol. The van der Waals surface area contributed by atoms with Crippen molar-refractivity contribution in [2.24, 2.45) is 5.73 Å². The molecule has 0 fully saturated rings. The molecule has 9 heteroatoms. The quantitative estimate of drug-likeness (QED) is 0.553. The van der Waals surface area contributed by atoms with Crippen LogP contribution in [0.15, 0.2) is 35.7 Å². The summed E-state index contributed by atoms with van der Waals surface area (Å²) in [6, 6.07) is 9.10. The number of carbonyl (C=O) groups is 2. The lowest BCUT2D eigenvalue weighted by atomic mass is 10.1. The molecule has 1 aromatic heterocycles. The second-order valence-corrected chi connectivity index (χ2v) is 7.61. The van der Waals surface area contributed by atoms with Crippen molar-refractivity contribution in [2.75, 3.05) is 26.1 Å². The first-order valence-corrected chi connectivity index (χ1v) is 10.2. The van der Waals surface area contributed by atoms with Crippen molar-refractivity contribution >= 4 is 28.3 Å². The molecule has 3 aromatic rings. The Morgan fingerprint density at radius 3 is 2.32 bits per heavy atom. The number of anilines is 1. The molecule has 2 aromatic carbocycles. The number of nitrogens with zero attached hydrogens (tertiary/aromatic N) is 1. The molecular formula is C22H23N3O5S. The van der Waals surface area contributed by atoms with E-state index in [2.05, 4.69) is 23.3 Å². The molecule has 2 amide bonds. The number of hydrogen-bond acceptors (Lipinski definition) is 7. The molecule has 0 saturated heterocycles. The van der Waals surface area contributed by atoms with E-state index in [9.17, 15) is 9.59 Å². The van der Waals surface area contributed by atoms with Crippen LogP contribution in [0.4, 0.5) is 5.13 Å². The predicted molar refractivity (Wildman–Crippen MR) is 119 cm³/mol. The average Bonchev–Trinajstić information content (AvgIpc) is 3.21. The van der Waals surface area contributed by atoms with Crippen molar-refractivity contribution < 1.29 is 23.8 Å². The summed E-state index contributed by atoms with van der Waals surface area (Å²) in [5, 5.41) is 5.14. The Morgan fingerprint density at radius 1 is 1.06 bits per heavy atom. The predicted octanol–water partition coefficient (Wildman–Crippen LogP) is 3.56. The van der Waals surface area contributed by atoms with Crippen LogP contribution in [0.25, 0.3) is 11.3 Å². The number of nitrogens with one attached hydrogen (secondary N) is 1. The minimum Gasteiger partial charge on any atom is -0.493 e. The van der Waals surface area contributed by atoms with Gasteiger partial charge in [-0.25, -0.2) is 4.98 Å².